The number of amides is 2. The predicted octanol–water partition coefficient (Wildman–Crippen LogP) is 5.13. The highest BCUT2D eigenvalue weighted by molar-refractivity contribution is 6.30. The number of rotatable bonds is 11. The highest BCUT2D eigenvalue weighted by atomic mass is 35.5. The summed E-state index contributed by atoms with van der Waals surface area (Å²) in [6, 6.07) is 25.6. The molecule has 0 radical (unpaired) electrons. The van der Waals surface area contributed by atoms with Crippen molar-refractivity contribution in [2.75, 3.05) is 13.2 Å². The molecule has 0 bridgehead atoms. The van der Waals surface area contributed by atoms with E-state index >= 15 is 0 Å². The maximum Gasteiger partial charge on any atom is 0.261 e. The molecule has 5 nitrogen and oxygen atoms in total. The average molecular weight is 479 g/mol. The number of hydrogen-bond acceptors (Lipinski definition) is 3. The molecule has 6 heteroatoms. The van der Waals surface area contributed by atoms with Gasteiger partial charge in [0, 0.05) is 24.5 Å². The molecule has 0 heterocycles. The number of ether oxygens (including phenoxy) is 1. The molecule has 0 aliphatic rings. The fraction of sp³-hybridized carbons (Fsp3) is 0.286. The Morgan fingerprint density at radius 3 is 2.18 bits per heavy atom. The summed E-state index contributed by atoms with van der Waals surface area (Å²) in [6.07, 6.45) is 0.403. The number of carbonyl (C=O) groups is 2. The van der Waals surface area contributed by atoms with E-state index in [9.17, 15) is 9.59 Å². The fourth-order valence-corrected chi connectivity index (χ4v) is 3.72. The Kier molecular flexibility index (Phi) is 9.53. The van der Waals surface area contributed by atoms with E-state index in [1.165, 1.54) is 0 Å². The molecule has 3 aromatic rings. The van der Waals surface area contributed by atoms with Crippen LogP contribution >= 0.6 is 11.6 Å². The second kappa shape index (κ2) is 12.8. The van der Waals surface area contributed by atoms with Crippen LogP contribution in [0.25, 0.3) is 0 Å². The second-order valence-electron chi connectivity index (χ2n) is 8.60. The number of halogens is 1. The monoisotopic (exact) mass is 478 g/mol. The molecule has 1 N–H and O–H groups in total. The maximum absolute atomic E-state index is 13.5. The molecule has 178 valence electrons. The van der Waals surface area contributed by atoms with Crippen molar-refractivity contribution in [2.45, 2.75) is 32.9 Å². The largest absolute Gasteiger partial charge is 0.484 e. The van der Waals surface area contributed by atoms with E-state index in [4.69, 9.17) is 16.3 Å². The molecule has 3 aromatic carbocycles. The Labute approximate surface area is 206 Å². The first-order valence-corrected chi connectivity index (χ1v) is 11.8. The van der Waals surface area contributed by atoms with Crippen LogP contribution in [0.15, 0.2) is 84.9 Å². The number of nitrogens with zero attached hydrogens (tertiary/aromatic N) is 1. The minimum atomic E-state index is -0.684. The van der Waals surface area contributed by atoms with Crippen LogP contribution in [0.3, 0.4) is 0 Å². The first kappa shape index (κ1) is 25.3. The SMILES string of the molecule is CC(C)CNC(=O)C(Cc1ccccc1)N(Cc1ccccc1)C(=O)COc1cccc(Cl)c1. The smallest absolute Gasteiger partial charge is 0.261 e. The normalized spacial score (nSPS) is 11.6. The summed E-state index contributed by atoms with van der Waals surface area (Å²) in [4.78, 5) is 28.4. The topological polar surface area (TPSA) is 58.6 Å². The molecule has 2 amide bonds. The van der Waals surface area contributed by atoms with Crippen LogP contribution in [0, 0.1) is 5.92 Å². The van der Waals surface area contributed by atoms with Gasteiger partial charge in [-0.3, -0.25) is 9.59 Å². The van der Waals surface area contributed by atoms with Crippen LogP contribution in [0.2, 0.25) is 5.02 Å². The van der Waals surface area contributed by atoms with Crippen LogP contribution in [0.4, 0.5) is 0 Å². The van der Waals surface area contributed by atoms with E-state index in [0.29, 0.717) is 36.2 Å². The molecule has 3 rings (SSSR count). The van der Waals surface area contributed by atoms with Gasteiger partial charge in [0.05, 0.1) is 0 Å². The van der Waals surface area contributed by atoms with E-state index in [1.54, 1.807) is 29.2 Å². The molecule has 0 aliphatic carbocycles. The molecule has 0 saturated carbocycles. The van der Waals surface area contributed by atoms with Crippen molar-refractivity contribution in [2.24, 2.45) is 5.92 Å². The van der Waals surface area contributed by atoms with E-state index in [0.717, 1.165) is 11.1 Å². The summed E-state index contributed by atoms with van der Waals surface area (Å²) in [7, 11) is 0. The van der Waals surface area contributed by atoms with Crippen LogP contribution in [0.5, 0.6) is 5.75 Å². The zero-order valence-electron chi connectivity index (χ0n) is 19.6. The average Bonchev–Trinajstić information content (AvgIpc) is 2.84. The van der Waals surface area contributed by atoms with Gasteiger partial charge in [0.15, 0.2) is 6.61 Å². The maximum atomic E-state index is 13.5. The molecule has 0 aliphatic heterocycles. The summed E-state index contributed by atoms with van der Waals surface area (Å²) >= 11 is 6.04. The van der Waals surface area contributed by atoms with Crippen molar-refractivity contribution in [1.82, 2.24) is 10.2 Å². The lowest BCUT2D eigenvalue weighted by Crippen LogP contribution is -2.52. The van der Waals surface area contributed by atoms with Crippen LogP contribution in [-0.2, 0) is 22.6 Å². The van der Waals surface area contributed by atoms with Gasteiger partial charge in [-0.25, -0.2) is 0 Å². The van der Waals surface area contributed by atoms with E-state index in [2.05, 4.69) is 5.32 Å². The molecule has 0 saturated heterocycles. The van der Waals surface area contributed by atoms with Crippen LogP contribution in [0.1, 0.15) is 25.0 Å². The number of benzene rings is 3. The molecule has 1 atom stereocenters. The first-order chi connectivity index (χ1) is 16.4. The Balaban J connectivity index is 1.87. The highest BCUT2D eigenvalue weighted by Crippen LogP contribution is 2.19. The van der Waals surface area contributed by atoms with Gasteiger partial charge in [0.2, 0.25) is 5.91 Å². The quantitative estimate of drug-likeness (QED) is 0.415. The third kappa shape index (κ3) is 7.92. The molecule has 34 heavy (non-hydrogen) atoms. The lowest BCUT2D eigenvalue weighted by molar-refractivity contribution is -0.142. The zero-order valence-corrected chi connectivity index (χ0v) is 20.4. The van der Waals surface area contributed by atoms with Gasteiger partial charge in [0.25, 0.3) is 5.91 Å². The van der Waals surface area contributed by atoms with Gasteiger partial charge in [-0.2, -0.15) is 0 Å². The van der Waals surface area contributed by atoms with Crippen molar-refractivity contribution >= 4 is 23.4 Å². The van der Waals surface area contributed by atoms with Crippen molar-refractivity contribution in [3.63, 3.8) is 0 Å². The lowest BCUT2D eigenvalue weighted by atomic mass is 10.0. The summed E-state index contributed by atoms with van der Waals surface area (Å²) < 4.78 is 5.74. The third-order valence-corrected chi connectivity index (χ3v) is 5.54. The van der Waals surface area contributed by atoms with Crippen molar-refractivity contribution in [3.8, 4) is 5.75 Å². The third-order valence-electron chi connectivity index (χ3n) is 5.31. The Hall–Kier alpha value is -3.31. The Morgan fingerprint density at radius 1 is 0.912 bits per heavy atom. The molecule has 1 unspecified atom stereocenters. The predicted molar refractivity (Wildman–Crippen MR) is 136 cm³/mol. The fourth-order valence-electron chi connectivity index (χ4n) is 3.54. The number of carbonyl (C=O) groups excluding carboxylic acids is 2. The van der Waals surface area contributed by atoms with Crippen molar-refractivity contribution in [1.29, 1.82) is 0 Å². The Morgan fingerprint density at radius 2 is 1.56 bits per heavy atom. The van der Waals surface area contributed by atoms with Gasteiger partial charge in [-0.1, -0.05) is 92.2 Å². The van der Waals surface area contributed by atoms with Gasteiger partial charge in [0.1, 0.15) is 11.8 Å². The van der Waals surface area contributed by atoms with Gasteiger partial charge in [-0.15, -0.1) is 0 Å². The first-order valence-electron chi connectivity index (χ1n) is 11.5. The second-order valence-corrected chi connectivity index (χ2v) is 9.03. The number of hydrogen-bond donors (Lipinski definition) is 1. The summed E-state index contributed by atoms with van der Waals surface area (Å²) in [6.45, 7) is 4.72. The minimum absolute atomic E-state index is 0.176. The van der Waals surface area contributed by atoms with E-state index in [1.807, 2.05) is 74.5 Å². The zero-order chi connectivity index (χ0) is 24.3. The molecular formula is C28H31ClN2O3. The summed E-state index contributed by atoms with van der Waals surface area (Å²) in [5.41, 5.74) is 1.92. The van der Waals surface area contributed by atoms with Crippen molar-refractivity contribution in [3.05, 3.63) is 101 Å². The molecular weight excluding hydrogens is 448 g/mol. The van der Waals surface area contributed by atoms with E-state index in [-0.39, 0.29) is 18.4 Å². The van der Waals surface area contributed by atoms with Crippen LogP contribution < -0.4 is 10.1 Å². The van der Waals surface area contributed by atoms with Crippen molar-refractivity contribution < 1.29 is 14.3 Å². The molecule has 0 spiro atoms. The van der Waals surface area contributed by atoms with Crippen LogP contribution in [-0.4, -0.2) is 35.9 Å². The standard InChI is InChI=1S/C28H31ClN2O3/c1-21(2)18-30-28(33)26(16-22-10-5-3-6-11-22)31(19-23-12-7-4-8-13-23)27(32)20-34-25-15-9-14-24(29)17-25/h3-15,17,21,26H,16,18-20H2,1-2H3,(H,30,33). The minimum Gasteiger partial charge on any atom is -0.484 e. The highest BCUT2D eigenvalue weighted by Gasteiger charge is 2.30. The molecule has 0 fully saturated rings. The Bertz CT molecular complexity index is 1060. The van der Waals surface area contributed by atoms with E-state index < -0.39 is 6.04 Å². The molecule has 0 aromatic heterocycles. The lowest BCUT2D eigenvalue weighted by Gasteiger charge is -2.31. The summed E-state index contributed by atoms with van der Waals surface area (Å²) in [5, 5.41) is 3.54. The van der Waals surface area contributed by atoms with Gasteiger partial charge in [-0.05, 0) is 35.2 Å². The number of nitrogens with one attached hydrogen (secondary N) is 1. The summed E-state index contributed by atoms with van der Waals surface area (Å²) in [5.74, 6) is 0.351. The van der Waals surface area contributed by atoms with Gasteiger partial charge >= 0.3 is 0 Å². The van der Waals surface area contributed by atoms with Gasteiger partial charge < -0.3 is 15.0 Å².